The number of anilines is 1. The van der Waals surface area contributed by atoms with E-state index in [1.165, 1.54) is 0 Å². The molecule has 178 valence electrons. The summed E-state index contributed by atoms with van der Waals surface area (Å²) < 4.78 is 16.2. The van der Waals surface area contributed by atoms with E-state index in [1.807, 2.05) is 0 Å². The van der Waals surface area contributed by atoms with Gasteiger partial charge in [-0.2, -0.15) is 0 Å². The first-order chi connectivity index (χ1) is 16.1. The molecule has 3 aromatic rings. The fraction of sp³-hybridized carbons (Fsp3) is 0.261. The second kappa shape index (κ2) is 9.05. The summed E-state index contributed by atoms with van der Waals surface area (Å²) in [6.45, 7) is 1.59. The van der Waals surface area contributed by atoms with Crippen LogP contribution in [0.25, 0.3) is 10.9 Å². The Morgan fingerprint density at radius 3 is 2.26 bits per heavy atom. The van der Waals surface area contributed by atoms with E-state index in [9.17, 15) is 9.59 Å². The molecule has 1 aromatic heterocycles. The Morgan fingerprint density at radius 1 is 1.06 bits per heavy atom. The largest absolute Gasteiger partial charge is 0.493 e. The Balaban J connectivity index is 1.47. The van der Waals surface area contributed by atoms with Gasteiger partial charge in [-0.1, -0.05) is 12.8 Å². The number of ether oxygens (including phenoxy) is 3. The topological polar surface area (TPSA) is 90.0 Å². The third-order valence-electron chi connectivity index (χ3n) is 5.65. The smallest absolute Gasteiger partial charge is 0.338 e. The number of hydrogen-bond acceptors (Lipinski definition) is 7. The predicted octanol–water partition coefficient (Wildman–Crippen LogP) is 5.83. The number of imide groups is 1. The molecule has 0 aliphatic heterocycles. The third-order valence-corrected chi connectivity index (χ3v) is 7.12. The molecule has 34 heavy (non-hydrogen) atoms. The summed E-state index contributed by atoms with van der Waals surface area (Å²) >= 11 is 16.1. The first-order valence-electron chi connectivity index (χ1n) is 10.1. The maximum atomic E-state index is 12.5. The number of carbonyl (C=O) groups is 2. The molecule has 4 rings (SSSR count). The fourth-order valence-electron chi connectivity index (χ4n) is 3.40. The van der Waals surface area contributed by atoms with Crippen LogP contribution in [0.2, 0.25) is 0 Å². The number of fused-ring (bicyclic) bond motifs is 1. The lowest BCUT2D eigenvalue weighted by molar-refractivity contribution is -0.128. The Labute approximate surface area is 211 Å². The van der Waals surface area contributed by atoms with Gasteiger partial charge < -0.3 is 19.5 Å². The highest BCUT2D eigenvalue weighted by atomic mass is 35.5. The summed E-state index contributed by atoms with van der Waals surface area (Å²) in [5.74, 6) is 1.64. The van der Waals surface area contributed by atoms with Gasteiger partial charge in [-0.05, 0) is 49.7 Å². The summed E-state index contributed by atoms with van der Waals surface area (Å²) in [7, 11) is 3.11. The van der Waals surface area contributed by atoms with Gasteiger partial charge in [0.1, 0.15) is 15.8 Å². The zero-order chi connectivity index (χ0) is 24.7. The monoisotopic (exact) mass is 521 g/mol. The summed E-state index contributed by atoms with van der Waals surface area (Å²) in [6, 6.07) is 11.2. The molecule has 3 amide bonds. The first kappa shape index (κ1) is 24.3. The van der Waals surface area contributed by atoms with Gasteiger partial charge in [-0.3, -0.25) is 9.78 Å². The molecular weight excluding hydrogens is 501 g/mol. The van der Waals surface area contributed by atoms with Gasteiger partial charge in [0, 0.05) is 23.3 Å². The standard InChI is InChI=1S/C23H21Cl2N3O5S/c1-22(12-23(22,24)25)20(29)28(34)21(30)27-13-4-6-14(7-5-13)33-17-8-9-26-16-11-19(32-3)18(31-2)10-15(16)17/h4-11,34H,12H2,1-3H3,(H,27,30). The minimum Gasteiger partial charge on any atom is -0.493 e. The molecule has 0 radical (unpaired) electrons. The van der Waals surface area contributed by atoms with Crippen LogP contribution in [0, 0.1) is 5.41 Å². The van der Waals surface area contributed by atoms with E-state index in [4.69, 9.17) is 37.4 Å². The Kier molecular flexibility index (Phi) is 6.46. The highest BCUT2D eigenvalue weighted by molar-refractivity contribution is 7.79. The van der Waals surface area contributed by atoms with Crippen molar-refractivity contribution in [1.29, 1.82) is 0 Å². The average molecular weight is 522 g/mol. The van der Waals surface area contributed by atoms with Crippen molar-refractivity contribution in [2.75, 3.05) is 19.5 Å². The van der Waals surface area contributed by atoms with Crippen molar-refractivity contribution in [3.05, 3.63) is 48.7 Å². The highest BCUT2D eigenvalue weighted by Gasteiger charge is 2.69. The predicted molar refractivity (Wildman–Crippen MR) is 133 cm³/mol. The van der Waals surface area contributed by atoms with E-state index in [-0.39, 0.29) is 6.42 Å². The van der Waals surface area contributed by atoms with E-state index < -0.39 is 21.7 Å². The number of halogens is 2. The molecule has 0 bridgehead atoms. The molecule has 1 heterocycles. The van der Waals surface area contributed by atoms with Crippen LogP contribution < -0.4 is 19.5 Å². The van der Waals surface area contributed by atoms with Crippen LogP contribution in [0.3, 0.4) is 0 Å². The minimum absolute atomic E-state index is 0.251. The molecule has 1 fully saturated rings. The molecular formula is C23H21Cl2N3O5S. The Morgan fingerprint density at radius 2 is 1.68 bits per heavy atom. The van der Waals surface area contributed by atoms with Crippen LogP contribution in [0.1, 0.15) is 13.3 Å². The number of urea groups is 1. The van der Waals surface area contributed by atoms with Gasteiger partial charge in [0.05, 0.1) is 25.2 Å². The van der Waals surface area contributed by atoms with E-state index in [0.717, 1.165) is 5.39 Å². The summed E-state index contributed by atoms with van der Waals surface area (Å²) in [5.41, 5.74) is 0.0754. The molecule has 1 aliphatic carbocycles. The van der Waals surface area contributed by atoms with Gasteiger partial charge in [-0.25, -0.2) is 9.10 Å². The number of carbonyl (C=O) groups excluding carboxylic acids is 2. The molecule has 11 heteroatoms. The lowest BCUT2D eigenvalue weighted by atomic mass is 10.1. The normalized spacial score (nSPS) is 18.2. The second-order valence-corrected chi connectivity index (χ2v) is 9.80. The van der Waals surface area contributed by atoms with Crippen LogP contribution >= 0.6 is 36.0 Å². The number of amides is 3. The lowest BCUT2D eigenvalue weighted by Gasteiger charge is -2.19. The molecule has 1 aliphatic rings. The van der Waals surface area contributed by atoms with Crippen molar-refractivity contribution in [3.63, 3.8) is 0 Å². The SMILES string of the molecule is COc1cc2nccc(Oc3ccc(NC(=O)N(S)C(=O)C4(C)CC4(Cl)Cl)cc3)c2cc1OC. The molecule has 1 unspecified atom stereocenters. The number of pyridine rings is 1. The lowest BCUT2D eigenvalue weighted by Crippen LogP contribution is -2.38. The van der Waals surface area contributed by atoms with Crippen molar-refractivity contribution in [2.45, 2.75) is 17.7 Å². The number of aromatic nitrogens is 1. The quantitative estimate of drug-likeness (QED) is 0.313. The van der Waals surface area contributed by atoms with E-state index in [1.54, 1.807) is 69.8 Å². The Hall–Kier alpha value is -2.88. The molecule has 2 aromatic carbocycles. The highest BCUT2D eigenvalue weighted by Crippen LogP contribution is 2.64. The number of hydrogen-bond donors (Lipinski definition) is 2. The van der Waals surface area contributed by atoms with E-state index in [0.29, 0.717) is 38.5 Å². The molecule has 0 saturated heterocycles. The van der Waals surface area contributed by atoms with E-state index >= 15 is 0 Å². The second-order valence-electron chi connectivity index (χ2n) is 7.92. The number of thiol groups is 1. The molecule has 0 spiro atoms. The van der Waals surface area contributed by atoms with Crippen LogP contribution in [0.4, 0.5) is 10.5 Å². The number of nitrogens with zero attached hydrogens (tertiary/aromatic N) is 2. The minimum atomic E-state index is -1.20. The number of benzene rings is 2. The average Bonchev–Trinajstić information content (AvgIpc) is 3.36. The first-order valence-corrected chi connectivity index (χ1v) is 11.3. The number of alkyl halides is 2. The zero-order valence-electron chi connectivity index (χ0n) is 18.5. The molecule has 8 nitrogen and oxygen atoms in total. The zero-order valence-corrected chi connectivity index (χ0v) is 20.9. The summed E-state index contributed by atoms with van der Waals surface area (Å²) in [5, 5.41) is 3.35. The van der Waals surface area contributed by atoms with Crippen molar-refractivity contribution >= 4 is 64.5 Å². The molecule has 1 N–H and O–H groups in total. The van der Waals surface area contributed by atoms with Crippen LogP contribution in [0.15, 0.2) is 48.7 Å². The van der Waals surface area contributed by atoms with Crippen LogP contribution in [-0.2, 0) is 4.79 Å². The summed E-state index contributed by atoms with van der Waals surface area (Å²) in [4.78, 5) is 29.3. The Bertz CT molecular complexity index is 1270. The van der Waals surface area contributed by atoms with Gasteiger partial charge >= 0.3 is 6.03 Å². The summed E-state index contributed by atoms with van der Waals surface area (Å²) in [6.07, 6.45) is 1.88. The van der Waals surface area contributed by atoms with Crippen LogP contribution in [-0.4, -0.2) is 39.8 Å². The van der Waals surface area contributed by atoms with Crippen molar-refractivity contribution in [1.82, 2.24) is 9.29 Å². The van der Waals surface area contributed by atoms with Crippen molar-refractivity contribution in [3.8, 4) is 23.0 Å². The fourth-order valence-corrected chi connectivity index (χ4v) is 4.37. The van der Waals surface area contributed by atoms with Gasteiger partial charge in [0.15, 0.2) is 11.5 Å². The van der Waals surface area contributed by atoms with Gasteiger partial charge in [0.25, 0.3) is 0 Å². The molecule has 1 atom stereocenters. The van der Waals surface area contributed by atoms with Crippen molar-refractivity contribution in [2.24, 2.45) is 5.41 Å². The number of rotatable bonds is 6. The van der Waals surface area contributed by atoms with E-state index in [2.05, 4.69) is 23.1 Å². The van der Waals surface area contributed by atoms with Gasteiger partial charge in [-0.15, -0.1) is 23.2 Å². The maximum absolute atomic E-state index is 12.5. The van der Waals surface area contributed by atoms with Crippen molar-refractivity contribution < 1.29 is 23.8 Å². The maximum Gasteiger partial charge on any atom is 0.338 e. The number of methoxy groups -OCH3 is 2. The van der Waals surface area contributed by atoms with Crippen LogP contribution in [0.5, 0.6) is 23.0 Å². The third kappa shape index (κ3) is 4.43. The number of nitrogens with one attached hydrogen (secondary N) is 1. The molecule has 1 saturated carbocycles. The van der Waals surface area contributed by atoms with Gasteiger partial charge in [0.2, 0.25) is 5.91 Å².